The van der Waals surface area contributed by atoms with Crippen LogP contribution < -0.4 is 10.1 Å². The van der Waals surface area contributed by atoms with Crippen molar-refractivity contribution in [2.24, 2.45) is 0 Å². The largest absolute Gasteiger partial charge is 0.484 e. The summed E-state index contributed by atoms with van der Waals surface area (Å²) in [6.07, 6.45) is 4.17. The van der Waals surface area contributed by atoms with Gasteiger partial charge >= 0.3 is 0 Å². The van der Waals surface area contributed by atoms with Crippen LogP contribution in [0.4, 0.5) is 4.39 Å². The van der Waals surface area contributed by atoms with Crippen molar-refractivity contribution < 1.29 is 18.7 Å². The molecule has 6 heteroatoms. The molecule has 0 spiro atoms. The summed E-state index contributed by atoms with van der Waals surface area (Å²) in [7, 11) is 0. The normalized spacial score (nSPS) is 14.8. The maximum Gasteiger partial charge on any atom is 0.261 e. The standard InChI is InChI=1S/C25H31FN2O3/c1-17-12-18(2)14-23(13-17)31-16-24(29)28(15-20-8-10-21(26)11-9-20)19(3)25(30)27-22-6-4-5-7-22/h8-14,19,22H,4-7,15-16H2,1-3H3,(H,27,30)/t19-/m1/s1. The van der Waals surface area contributed by atoms with Crippen LogP contribution in [0.1, 0.15) is 49.3 Å². The van der Waals surface area contributed by atoms with Gasteiger partial charge in [-0.15, -0.1) is 0 Å². The topological polar surface area (TPSA) is 58.6 Å². The second kappa shape index (κ2) is 10.4. The lowest BCUT2D eigenvalue weighted by Crippen LogP contribution is -2.50. The molecule has 0 saturated heterocycles. The lowest BCUT2D eigenvalue weighted by atomic mass is 10.1. The fourth-order valence-corrected chi connectivity index (χ4v) is 4.01. The molecule has 31 heavy (non-hydrogen) atoms. The molecule has 1 aliphatic carbocycles. The summed E-state index contributed by atoms with van der Waals surface area (Å²) < 4.78 is 19.1. The maximum absolute atomic E-state index is 13.3. The summed E-state index contributed by atoms with van der Waals surface area (Å²) in [6, 6.07) is 11.3. The Morgan fingerprint density at radius 3 is 2.32 bits per heavy atom. The number of amides is 2. The number of halogens is 1. The van der Waals surface area contributed by atoms with Crippen LogP contribution in [0.25, 0.3) is 0 Å². The zero-order valence-electron chi connectivity index (χ0n) is 18.5. The molecule has 1 atom stereocenters. The maximum atomic E-state index is 13.3. The van der Waals surface area contributed by atoms with Gasteiger partial charge in [-0.1, -0.05) is 31.0 Å². The van der Waals surface area contributed by atoms with Crippen molar-refractivity contribution in [3.05, 3.63) is 65.0 Å². The fraction of sp³-hybridized carbons (Fsp3) is 0.440. The third kappa shape index (κ3) is 6.54. The molecule has 1 N–H and O–H groups in total. The van der Waals surface area contributed by atoms with E-state index in [1.165, 1.54) is 17.0 Å². The van der Waals surface area contributed by atoms with Gasteiger partial charge in [0.2, 0.25) is 5.91 Å². The van der Waals surface area contributed by atoms with E-state index in [1.54, 1.807) is 19.1 Å². The molecule has 2 amide bonds. The van der Waals surface area contributed by atoms with Crippen LogP contribution in [0.15, 0.2) is 42.5 Å². The smallest absolute Gasteiger partial charge is 0.261 e. The van der Waals surface area contributed by atoms with Gasteiger partial charge in [-0.25, -0.2) is 4.39 Å². The van der Waals surface area contributed by atoms with Gasteiger partial charge in [0, 0.05) is 12.6 Å². The van der Waals surface area contributed by atoms with E-state index in [9.17, 15) is 14.0 Å². The highest BCUT2D eigenvalue weighted by molar-refractivity contribution is 5.88. The quantitative estimate of drug-likeness (QED) is 0.685. The van der Waals surface area contributed by atoms with Crippen molar-refractivity contribution in [1.29, 1.82) is 0 Å². The third-order valence-corrected chi connectivity index (χ3v) is 5.69. The molecule has 0 aromatic heterocycles. The van der Waals surface area contributed by atoms with E-state index < -0.39 is 6.04 Å². The Kier molecular flexibility index (Phi) is 7.66. The van der Waals surface area contributed by atoms with Crippen molar-refractivity contribution in [2.45, 2.75) is 65.1 Å². The number of carbonyl (C=O) groups excluding carboxylic acids is 2. The number of aryl methyl sites for hydroxylation is 2. The molecule has 0 aliphatic heterocycles. The zero-order valence-corrected chi connectivity index (χ0v) is 18.5. The van der Waals surface area contributed by atoms with Gasteiger partial charge in [0.15, 0.2) is 6.61 Å². The molecule has 0 radical (unpaired) electrons. The van der Waals surface area contributed by atoms with Gasteiger partial charge < -0.3 is 15.0 Å². The van der Waals surface area contributed by atoms with E-state index in [2.05, 4.69) is 5.32 Å². The molecule has 0 unspecified atom stereocenters. The minimum absolute atomic E-state index is 0.171. The Morgan fingerprint density at radius 1 is 1.10 bits per heavy atom. The molecule has 5 nitrogen and oxygen atoms in total. The summed E-state index contributed by atoms with van der Waals surface area (Å²) in [5.41, 5.74) is 2.85. The Hall–Kier alpha value is -2.89. The average molecular weight is 427 g/mol. The Balaban J connectivity index is 1.72. The van der Waals surface area contributed by atoms with Crippen LogP contribution in [0.5, 0.6) is 5.75 Å². The molecule has 1 fully saturated rings. The number of hydrogen-bond acceptors (Lipinski definition) is 3. The minimum atomic E-state index is -0.666. The van der Waals surface area contributed by atoms with Crippen LogP contribution in [0, 0.1) is 19.7 Å². The van der Waals surface area contributed by atoms with E-state index >= 15 is 0 Å². The molecule has 2 aromatic carbocycles. The first kappa shape index (κ1) is 22.8. The number of hydrogen-bond donors (Lipinski definition) is 1. The van der Waals surface area contributed by atoms with Gasteiger partial charge in [0.05, 0.1) is 0 Å². The molecule has 2 aromatic rings. The number of ether oxygens (including phenoxy) is 1. The van der Waals surface area contributed by atoms with Crippen LogP contribution in [0.2, 0.25) is 0 Å². The number of rotatable bonds is 8. The number of carbonyl (C=O) groups is 2. The SMILES string of the molecule is Cc1cc(C)cc(OCC(=O)N(Cc2ccc(F)cc2)[C@H](C)C(=O)NC2CCCC2)c1. The van der Waals surface area contributed by atoms with E-state index in [0.717, 1.165) is 42.4 Å². The van der Waals surface area contributed by atoms with Crippen molar-refractivity contribution in [3.63, 3.8) is 0 Å². The van der Waals surface area contributed by atoms with Gasteiger partial charge in [-0.05, 0) is 74.6 Å². The van der Waals surface area contributed by atoms with E-state index in [1.807, 2.05) is 32.0 Å². The first-order chi connectivity index (χ1) is 14.8. The van der Waals surface area contributed by atoms with E-state index in [0.29, 0.717) is 5.75 Å². The van der Waals surface area contributed by atoms with Crippen molar-refractivity contribution in [2.75, 3.05) is 6.61 Å². The monoisotopic (exact) mass is 426 g/mol. The molecule has 0 bridgehead atoms. The lowest BCUT2D eigenvalue weighted by Gasteiger charge is -2.29. The predicted octanol–water partition coefficient (Wildman–Crippen LogP) is 4.30. The second-order valence-corrected chi connectivity index (χ2v) is 8.43. The molecule has 1 saturated carbocycles. The summed E-state index contributed by atoms with van der Waals surface area (Å²) in [5, 5.41) is 3.06. The Bertz CT molecular complexity index is 887. The predicted molar refractivity (Wildman–Crippen MR) is 118 cm³/mol. The second-order valence-electron chi connectivity index (χ2n) is 8.43. The summed E-state index contributed by atoms with van der Waals surface area (Å²) in [4.78, 5) is 27.4. The number of benzene rings is 2. The first-order valence-corrected chi connectivity index (χ1v) is 10.9. The fourth-order valence-electron chi connectivity index (χ4n) is 4.01. The third-order valence-electron chi connectivity index (χ3n) is 5.69. The molecule has 3 rings (SSSR count). The van der Waals surface area contributed by atoms with Crippen LogP contribution in [-0.4, -0.2) is 35.4 Å². The minimum Gasteiger partial charge on any atom is -0.484 e. The van der Waals surface area contributed by atoms with Gasteiger partial charge in [-0.2, -0.15) is 0 Å². The van der Waals surface area contributed by atoms with Crippen LogP contribution >= 0.6 is 0 Å². The van der Waals surface area contributed by atoms with Crippen molar-refractivity contribution in [3.8, 4) is 5.75 Å². The van der Waals surface area contributed by atoms with E-state index in [4.69, 9.17) is 4.74 Å². The summed E-state index contributed by atoms with van der Waals surface area (Å²) in [5.74, 6) is -0.186. The molecular formula is C25H31FN2O3. The van der Waals surface area contributed by atoms with Gasteiger partial charge in [-0.3, -0.25) is 9.59 Å². The number of nitrogens with zero attached hydrogens (tertiary/aromatic N) is 1. The zero-order chi connectivity index (χ0) is 22.4. The van der Waals surface area contributed by atoms with Crippen molar-refractivity contribution >= 4 is 11.8 Å². The number of nitrogens with one attached hydrogen (secondary N) is 1. The highest BCUT2D eigenvalue weighted by Crippen LogP contribution is 2.19. The Labute approximate surface area is 183 Å². The first-order valence-electron chi connectivity index (χ1n) is 10.9. The van der Waals surface area contributed by atoms with Gasteiger partial charge in [0.25, 0.3) is 5.91 Å². The lowest BCUT2D eigenvalue weighted by molar-refractivity contribution is -0.142. The van der Waals surface area contributed by atoms with Crippen LogP contribution in [0.3, 0.4) is 0 Å². The molecule has 166 valence electrons. The van der Waals surface area contributed by atoms with E-state index in [-0.39, 0.29) is 36.8 Å². The molecular weight excluding hydrogens is 395 g/mol. The highest BCUT2D eigenvalue weighted by atomic mass is 19.1. The molecule has 0 heterocycles. The Morgan fingerprint density at radius 2 is 1.71 bits per heavy atom. The summed E-state index contributed by atoms with van der Waals surface area (Å²) >= 11 is 0. The van der Waals surface area contributed by atoms with Crippen molar-refractivity contribution in [1.82, 2.24) is 10.2 Å². The van der Waals surface area contributed by atoms with Crippen LogP contribution in [-0.2, 0) is 16.1 Å². The highest BCUT2D eigenvalue weighted by Gasteiger charge is 2.28. The average Bonchev–Trinajstić information content (AvgIpc) is 3.23. The molecule has 1 aliphatic rings. The van der Waals surface area contributed by atoms with Gasteiger partial charge in [0.1, 0.15) is 17.6 Å². The summed E-state index contributed by atoms with van der Waals surface area (Å²) in [6.45, 7) is 5.69.